The molecule has 4 nitrogen and oxygen atoms in total. The minimum absolute atomic E-state index is 0. The molecule has 1 aromatic carbocycles. The lowest BCUT2D eigenvalue weighted by atomic mass is 10.3. The van der Waals surface area contributed by atoms with Crippen LogP contribution in [0.25, 0.3) is 11.3 Å². The first-order valence-electron chi connectivity index (χ1n) is 5.24. The van der Waals surface area contributed by atoms with E-state index in [4.69, 9.17) is 11.6 Å². The van der Waals surface area contributed by atoms with Crippen molar-refractivity contribution in [3.63, 3.8) is 0 Å². The first kappa shape index (κ1) is 13.0. The molecule has 92 valence electrons. The Morgan fingerprint density at radius 3 is 2.56 bits per heavy atom. The average Bonchev–Trinajstić information content (AvgIpc) is 2.73. The summed E-state index contributed by atoms with van der Waals surface area (Å²) in [6.45, 7) is 2.03. The standard InChI is InChI=1S/C12H10ClN4.BrH/c1-9-2-7-12-14-15-17(16(12)8-9)11-5-3-10(13)4-6-11;/h2-8H,1H3;1H/q+1;/p-1. The topological polar surface area (TPSA) is 34.8 Å². The van der Waals surface area contributed by atoms with Crippen LogP contribution >= 0.6 is 11.6 Å². The van der Waals surface area contributed by atoms with Crippen LogP contribution in [-0.2, 0) is 0 Å². The Morgan fingerprint density at radius 1 is 1.11 bits per heavy atom. The van der Waals surface area contributed by atoms with Crippen LogP contribution in [0, 0.1) is 6.92 Å². The van der Waals surface area contributed by atoms with E-state index in [0.717, 1.165) is 16.9 Å². The van der Waals surface area contributed by atoms with Crippen molar-refractivity contribution in [1.82, 2.24) is 15.1 Å². The second kappa shape index (κ2) is 5.04. The van der Waals surface area contributed by atoms with Crippen LogP contribution in [0.1, 0.15) is 5.56 Å². The lowest BCUT2D eigenvalue weighted by Crippen LogP contribution is -3.00. The predicted molar refractivity (Wildman–Crippen MR) is 64.3 cm³/mol. The molecule has 0 radical (unpaired) electrons. The van der Waals surface area contributed by atoms with Crippen LogP contribution in [0.5, 0.6) is 0 Å². The highest BCUT2D eigenvalue weighted by Gasteiger charge is 2.13. The zero-order chi connectivity index (χ0) is 11.8. The van der Waals surface area contributed by atoms with Gasteiger partial charge >= 0.3 is 5.65 Å². The third kappa shape index (κ3) is 2.23. The van der Waals surface area contributed by atoms with Crippen molar-refractivity contribution in [2.45, 2.75) is 6.92 Å². The van der Waals surface area contributed by atoms with E-state index in [1.54, 1.807) is 4.80 Å². The minimum atomic E-state index is 0. The fraction of sp³-hybridized carbons (Fsp3) is 0.0833. The molecule has 0 bridgehead atoms. The smallest absolute Gasteiger partial charge is 0.329 e. The molecule has 0 aliphatic rings. The predicted octanol–water partition coefficient (Wildman–Crippen LogP) is -1.03. The van der Waals surface area contributed by atoms with Crippen LogP contribution in [0.4, 0.5) is 0 Å². The third-order valence-corrected chi connectivity index (χ3v) is 2.80. The van der Waals surface area contributed by atoms with Crippen LogP contribution in [0.15, 0.2) is 42.6 Å². The van der Waals surface area contributed by atoms with E-state index in [1.807, 2.05) is 54.0 Å². The molecule has 2 aromatic heterocycles. The van der Waals surface area contributed by atoms with Gasteiger partial charge in [-0.2, -0.15) is 0 Å². The van der Waals surface area contributed by atoms with Crippen molar-refractivity contribution in [2.24, 2.45) is 0 Å². The molecule has 0 aliphatic heterocycles. The van der Waals surface area contributed by atoms with Gasteiger partial charge in [0.05, 0.1) is 6.20 Å². The molecule has 3 rings (SSSR count). The molecule has 0 unspecified atom stereocenters. The average molecular weight is 326 g/mol. The largest absolute Gasteiger partial charge is 1.00 e. The molecule has 18 heavy (non-hydrogen) atoms. The lowest BCUT2D eigenvalue weighted by molar-refractivity contribution is -0.604. The number of fused-ring (bicyclic) bond motifs is 1. The van der Waals surface area contributed by atoms with Gasteiger partial charge in [-0.15, -0.1) is 4.52 Å². The van der Waals surface area contributed by atoms with Gasteiger partial charge in [0.15, 0.2) is 5.21 Å². The maximum absolute atomic E-state index is 5.86. The molecular formula is C12H10BrClN4. The molecule has 6 heteroatoms. The SMILES string of the molecule is Cc1ccc2nnn(-c3ccc(Cl)cc3)[n+]2c1.[Br-]. The number of rotatable bonds is 1. The van der Waals surface area contributed by atoms with E-state index in [2.05, 4.69) is 10.3 Å². The van der Waals surface area contributed by atoms with Crippen molar-refractivity contribution in [1.29, 1.82) is 0 Å². The Hall–Kier alpha value is -1.46. The second-order valence-corrected chi connectivity index (χ2v) is 4.30. The number of hydrogen-bond acceptors (Lipinski definition) is 2. The summed E-state index contributed by atoms with van der Waals surface area (Å²) in [5.41, 5.74) is 2.89. The number of halogens is 2. The maximum atomic E-state index is 5.86. The van der Waals surface area contributed by atoms with Crippen LogP contribution in [0.3, 0.4) is 0 Å². The van der Waals surface area contributed by atoms with Gasteiger partial charge in [0.25, 0.3) is 0 Å². The Morgan fingerprint density at radius 2 is 1.83 bits per heavy atom. The number of tetrazole rings is 1. The Balaban J connectivity index is 0.00000120. The van der Waals surface area contributed by atoms with Crippen molar-refractivity contribution in [3.05, 3.63) is 53.2 Å². The maximum Gasteiger partial charge on any atom is 0.329 e. The van der Waals surface area contributed by atoms with Gasteiger partial charge in [-0.25, -0.2) is 0 Å². The van der Waals surface area contributed by atoms with E-state index in [0.29, 0.717) is 5.02 Å². The zero-order valence-corrected chi connectivity index (χ0v) is 11.9. The van der Waals surface area contributed by atoms with Gasteiger partial charge in [0.1, 0.15) is 10.8 Å². The summed E-state index contributed by atoms with van der Waals surface area (Å²) in [4.78, 5) is 1.73. The number of aromatic nitrogens is 4. The first-order valence-corrected chi connectivity index (χ1v) is 5.62. The zero-order valence-electron chi connectivity index (χ0n) is 9.59. The number of aryl methyl sites for hydroxylation is 1. The van der Waals surface area contributed by atoms with Gasteiger partial charge in [-0.3, -0.25) is 0 Å². The van der Waals surface area contributed by atoms with Gasteiger partial charge in [-0.1, -0.05) is 11.6 Å². The van der Waals surface area contributed by atoms with Gasteiger partial charge in [0.2, 0.25) is 0 Å². The van der Waals surface area contributed by atoms with Gasteiger partial charge < -0.3 is 17.0 Å². The summed E-state index contributed by atoms with van der Waals surface area (Å²) in [5.74, 6) is 0. The quantitative estimate of drug-likeness (QED) is 0.537. The summed E-state index contributed by atoms with van der Waals surface area (Å²) in [6, 6.07) is 11.4. The first-order chi connectivity index (χ1) is 8.24. The fourth-order valence-electron chi connectivity index (χ4n) is 1.70. The summed E-state index contributed by atoms with van der Waals surface area (Å²) < 4.78 is 1.90. The monoisotopic (exact) mass is 324 g/mol. The van der Waals surface area contributed by atoms with E-state index < -0.39 is 0 Å². The van der Waals surface area contributed by atoms with Gasteiger partial charge in [-0.05, 0) is 47.6 Å². The van der Waals surface area contributed by atoms with Crippen molar-refractivity contribution in [3.8, 4) is 5.69 Å². The highest BCUT2D eigenvalue weighted by molar-refractivity contribution is 6.30. The third-order valence-electron chi connectivity index (χ3n) is 2.55. The fourth-order valence-corrected chi connectivity index (χ4v) is 1.82. The number of pyridine rings is 1. The molecule has 0 fully saturated rings. The molecule has 3 aromatic rings. The molecule has 0 amide bonds. The summed E-state index contributed by atoms with van der Waals surface area (Å²) in [5, 5.41) is 8.93. The van der Waals surface area contributed by atoms with E-state index in [9.17, 15) is 0 Å². The molecule has 0 spiro atoms. The van der Waals surface area contributed by atoms with Crippen LogP contribution in [-0.4, -0.2) is 15.1 Å². The van der Waals surface area contributed by atoms with E-state index >= 15 is 0 Å². The Labute approximate surface area is 120 Å². The molecule has 0 saturated carbocycles. The van der Waals surface area contributed by atoms with Crippen molar-refractivity contribution < 1.29 is 21.5 Å². The number of nitrogens with zero attached hydrogens (tertiary/aromatic N) is 4. The minimum Gasteiger partial charge on any atom is -1.00 e. The molecule has 2 heterocycles. The lowest BCUT2D eigenvalue weighted by Gasteiger charge is -1.97. The number of hydrogen-bond donors (Lipinski definition) is 0. The Kier molecular flexibility index (Phi) is 3.63. The highest BCUT2D eigenvalue weighted by Crippen LogP contribution is 2.11. The molecule has 0 saturated heterocycles. The summed E-state index contributed by atoms with van der Waals surface area (Å²) in [7, 11) is 0. The number of benzene rings is 1. The van der Waals surface area contributed by atoms with E-state index in [-0.39, 0.29) is 17.0 Å². The Bertz CT molecular complexity index is 678. The van der Waals surface area contributed by atoms with Crippen molar-refractivity contribution in [2.75, 3.05) is 0 Å². The van der Waals surface area contributed by atoms with Crippen molar-refractivity contribution >= 4 is 17.2 Å². The normalized spacial score (nSPS) is 10.3. The molecular weight excluding hydrogens is 316 g/mol. The second-order valence-electron chi connectivity index (χ2n) is 3.86. The van der Waals surface area contributed by atoms with Crippen LogP contribution < -0.4 is 21.5 Å². The molecule has 0 N–H and O–H groups in total. The van der Waals surface area contributed by atoms with Crippen LogP contribution in [0.2, 0.25) is 5.02 Å². The highest BCUT2D eigenvalue weighted by atomic mass is 79.9. The summed E-state index contributed by atoms with van der Waals surface area (Å²) in [6.07, 6.45) is 1.99. The van der Waals surface area contributed by atoms with E-state index in [1.165, 1.54) is 0 Å². The molecule has 0 atom stereocenters. The summed E-state index contributed by atoms with van der Waals surface area (Å²) >= 11 is 5.86. The van der Waals surface area contributed by atoms with Gasteiger partial charge in [0, 0.05) is 11.1 Å². The molecule has 0 aliphatic carbocycles.